The number of benzene rings is 1. The predicted octanol–water partition coefficient (Wildman–Crippen LogP) is 2.12. The predicted molar refractivity (Wildman–Crippen MR) is 65.8 cm³/mol. The average molecular weight is 239 g/mol. The summed E-state index contributed by atoms with van der Waals surface area (Å²) in [6.45, 7) is 0. The van der Waals surface area contributed by atoms with Crippen molar-refractivity contribution >= 4 is 16.9 Å². The van der Waals surface area contributed by atoms with Crippen LogP contribution in [0.4, 0.5) is 0 Å². The Morgan fingerprint density at radius 1 is 1.17 bits per heavy atom. The zero-order chi connectivity index (χ0) is 12.5. The van der Waals surface area contributed by atoms with Gasteiger partial charge in [-0.1, -0.05) is 6.07 Å². The zero-order valence-corrected chi connectivity index (χ0v) is 9.32. The van der Waals surface area contributed by atoms with Crippen LogP contribution in [0.5, 0.6) is 0 Å². The summed E-state index contributed by atoms with van der Waals surface area (Å²) in [6.07, 6.45) is 4.71. The van der Waals surface area contributed by atoms with Gasteiger partial charge in [0.2, 0.25) is 0 Å². The Hall–Kier alpha value is -2.69. The van der Waals surface area contributed by atoms with E-state index in [9.17, 15) is 4.79 Å². The highest BCUT2D eigenvalue weighted by Crippen LogP contribution is 2.20. The van der Waals surface area contributed by atoms with Crippen molar-refractivity contribution in [3.05, 3.63) is 54.7 Å². The van der Waals surface area contributed by atoms with Crippen molar-refractivity contribution < 1.29 is 9.90 Å². The molecule has 5 heteroatoms. The number of rotatable bonds is 2. The second kappa shape index (κ2) is 3.96. The number of nitrogens with zero attached hydrogens (tertiary/aromatic N) is 3. The fraction of sp³-hybridized carbons (Fsp3) is 0. The van der Waals surface area contributed by atoms with Crippen molar-refractivity contribution in [3.8, 4) is 5.69 Å². The topological polar surface area (TPSA) is 68.0 Å². The summed E-state index contributed by atoms with van der Waals surface area (Å²) in [5.41, 5.74) is 1.75. The Kier molecular flexibility index (Phi) is 2.30. The summed E-state index contributed by atoms with van der Waals surface area (Å²) in [7, 11) is 0. The van der Waals surface area contributed by atoms with Gasteiger partial charge in [-0.05, 0) is 24.3 Å². The molecule has 0 radical (unpaired) electrons. The number of hydrogen-bond acceptors (Lipinski definition) is 3. The molecule has 1 aromatic carbocycles. The average Bonchev–Trinajstić information content (AvgIpc) is 2.87. The molecule has 0 atom stereocenters. The number of hydrogen-bond donors (Lipinski definition) is 1. The maximum Gasteiger partial charge on any atom is 0.356 e. The molecule has 0 saturated carbocycles. The van der Waals surface area contributed by atoms with Crippen LogP contribution in [0.2, 0.25) is 0 Å². The van der Waals surface area contributed by atoms with Gasteiger partial charge in [0.1, 0.15) is 6.33 Å². The van der Waals surface area contributed by atoms with Gasteiger partial charge in [0.05, 0.1) is 11.2 Å². The molecule has 88 valence electrons. The molecule has 2 aromatic heterocycles. The molecule has 0 spiro atoms. The maximum atomic E-state index is 10.8. The molecule has 0 aliphatic heterocycles. The van der Waals surface area contributed by atoms with Crippen LogP contribution in [-0.2, 0) is 0 Å². The fourth-order valence-electron chi connectivity index (χ4n) is 1.88. The van der Waals surface area contributed by atoms with Crippen LogP contribution in [-0.4, -0.2) is 25.6 Å². The van der Waals surface area contributed by atoms with E-state index >= 15 is 0 Å². The minimum absolute atomic E-state index is 0.0240. The third-order valence-corrected chi connectivity index (χ3v) is 2.70. The van der Waals surface area contributed by atoms with Crippen LogP contribution in [0.3, 0.4) is 0 Å². The van der Waals surface area contributed by atoms with Crippen molar-refractivity contribution in [1.29, 1.82) is 0 Å². The normalized spacial score (nSPS) is 10.7. The summed E-state index contributed by atoms with van der Waals surface area (Å²) in [5.74, 6) is -1.04. The van der Waals surface area contributed by atoms with Gasteiger partial charge in [-0.15, -0.1) is 0 Å². The summed E-state index contributed by atoms with van der Waals surface area (Å²) in [5, 5.41) is 9.82. The molecule has 0 aliphatic rings. The Labute approximate surface area is 102 Å². The lowest BCUT2D eigenvalue weighted by atomic mass is 10.2. The molecule has 18 heavy (non-hydrogen) atoms. The number of carbonyl (C=O) groups is 1. The molecule has 0 amide bonds. The molecule has 0 unspecified atom stereocenters. The maximum absolute atomic E-state index is 10.8. The second-order valence-corrected chi connectivity index (χ2v) is 3.82. The van der Waals surface area contributed by atoms with E-state index in [-0.39, 0.29) is 5.69 Å². The molecule has 2 heterocycles. The van der Waals surface area contributed by atoms with Gasteiger partial charge in [0, 0.05) is 17.8 Å². The molecule has 3 aromatic rings. The molecule has 0 aliphatic carbocycles. The summed E-state index contributed by atoms with van der Waals surface area (Å²) >= 11 is 0. The Morgan fingerprint density at radius 2 is 2.06 bits per heavy atom. The van der Waals surface area contributed by atoms with Gasteiger partial charge in [-0.3, -0.25) is 4.98 Å². The van der Waals surface area contributed by atoms with Crippen LogP contribution in [0.25, 0.3) is 16.6 Å². The van der Waals surface area contributed by atoms with Crippen molar-refractivity contribution in [1.82, 2.24) is 14.5 Å². The highest BCUT2D eigenvalue weighted by atomic mass is 16.4. The first-order chi connectivity index (χ1) is 8.75. The third kappa shape index (κ3) is 1.62. The van der Waals surface area contributed by atoms with E-state index < -0.39 is 5.97 Å². The molecule has 1 N–H and O–H groups in total. The van der Waals surface area contributed by atoms with Crippen molar-refractivity contribution in [2.45, 2.75) is 0 Å². The number of aromatic carboxylic acids is 1. The van der Waals surface area contributed by atoms with E-state index in [0.29, 0.717) is 0 Å². The lowest BCUT2D eigenvalue weighted by molar-refractivity contribution is 0.0691. The lowest BCUT2D eigenvalue weighted by Crippen LogP contribution is -1.96. The van der Waals surface area contributed by atoms with Gasteiger partial charge in [-0.25, -0.2) is 9.78 Å². The molecule has 0 bridgehead atoms. The summed E-state index contributed by atoms with van der Waals surface area (Å²) in [6, 6.07) is 9.48. The van der Waals surface area contributed by atoms with Crippen molar-refractivity contribution in [2.75, 3.05) is 0 Å². The van der Waals surface area contributed by atoms with Gasteiger partial charge in [0.25, 0.3) is 0 Å². The largest absolute Gasteiger partial charge is 0.476 e. The van der Waals surface area contributed by atoms with Crippen LogP contribution >= 0.6 is 0 Å². The Bertz CT molecular complexity index is 728. The minimum atomic E-state index is -1.04. The van der Waals surface area contributed by atoms with Gasteiger partial charge < -0.3 is 9.67 Å². The molecular formula is C13H9N3O2. The summed E-state index contributed by atoms with van der Waals surface area (Å²) < 4.78 is 1.69. The first-order valence-corrected chi connectivity index (χ1v) is 5.37. The molecule has 0 fully saturated rings. The molecular weight excluding hydrogens is 230 g/mol. The fourth-order valence-corrected chi connectivity index (χ4v) is 1.88. The number of carboxylic acids is 1. The zero-order valence-electron chi connectivity index (χ0n) is 9.32. The van der Waals surface area contributed by atoms with Crippen LogP contribution < -0.4 is 0 Å². The smallest absolute Gasteiger partial charge is 0.356 e. The van der Waals surface area contributed by atoms with Gasteiger partial charge in [0.15, 0.2) is 5.69 Å². The van der Waals surface area contributed by atoms with E-state index in [4.69, 9.17) is 5.11 Å². The highest BCUT2D eigenvalue weighted by molar-refractivity contribution is 5.88. The first kappa shape index (κ1) is 10.5. The molecule has 3 rings (SSSR count). The third-order valence-electron chi connectivity index (χ3n) is 2.70. The van der Waals surface area contributed by atoms with Crippen molar-refractivity contribution in [3.63, 3.8) is 0 Å². The minimum Gasteiger partial charge on any atom is -0.476 e. The Morgan fingerprint density at radius 3 is 2.83 bits per heavy atom. The quantitative estimate of drug-likeness (QED) is 0.743. The van der Waals surface area contributed by atoms with Gasteiger partial charge in [-0.2, -0.15) is 0 Å². The molecule has 0 saturated heterocycles. The molecule has 5 nitrogen and oxygen atoms in total. The summed E-state index contributed by atoms with van der Waals surface area (Å²) in [4.78, 5) is 18.9. The lowest BCUT2D eigenvalue weighted by Gasteiger charge is -2.05. The monoisotopic (exact) mass is 239 g/mol. The first-order valence-electron chi connectivity index (χ1n) is 5.37. The van der Waals surface area contributed by atoms with Crippen LogP contribution in [0.1, 0.15) is 10.5 Å². The second-order valence-electron chi connectivity index (χ2n) is 3.82. The number of fused-ring (bicyclic) bond motifs is 1. The number of carboxylic acid groups (broad SMARTS) is 1. The van der Waals surface area contributed by atoms with Crippen LogP contribution in [0, 0.1) is 0 Å². The number of imidazole rings is 1. The number of pyridine rings is 1. The van der Waals surface area contributed by atoms with Crippen molar-refractivity contribution in [2.24, 2.45) is 0 Å². The van der Waals surface area contributed by atoms with E-state index in [1.807, 2.05) is 30.3 Å². The van der Waals surface area contributed by atoms with E-state index in [0.717, 1.165) is 16.6 Å². The number of aromatic nitrogens is 3. The van der Waals surface area contributed by atoms with E-state index in [1.54, 1.807) is 10.8 Å². The highest BCUT2D eigenvalue weighted by Gasteiger charge is 2.09. The standard InChI is InChI=1S/C13H9N3O2/c17-13(18)11-7-16(8-15-11)12-5-1-4-10-9(12)3-2-6-14-10/h1-8H,(H,17,18). The Balaban J connectivity index is 2.21. The van der Waals surface area contributed by atoms with E-state index in [2.05, 4.69) is 9.97 Å². The van der Waals surface area contributed by atoms with Crippen LogP contribution in [0.15, 0.2) is 49.1 Å². The van der Waals surface area contributed by atoms with Gasteiger partial charge >= 0.3 is 5.97 Å². The van der Waals surface area contributed by atoms with E-state index in [1.165, 1.54) is 12.5 Å². The SMILES string of the molecule is O=C(O)c1cn(-c2cccc3ncccc23)cn1.